The van der Waals surface area contributed by atoms with Gasteiger partial charge in [0, 0.05) is 47.4 Å². The number of pyridine rings is 1. The SMILES string of the molecule is CN(C)C/C=C/C(=O)Nc1ccc(CN(C(=O)O)[C@H]2CCC[C@@H](Nc3ncc(Cl)c(-c4c[nH]c5ccccc45)n3)C2)nc1. The fourth-order valence-electron chi connectivity index (χ4n) is 5.33. The highest BCUT2D eigenvalue weighted by molar-refractivity contribution is 6.33. The lowest BCUT2D eigenvalue weighted by Gasteiger charge is -2.36. The zero-order chi connectivity index (χ0) is 30.3. The summed E-state index contributed by atoms with van der Waals surface area (Å²) in [5.41, 5.74) is 3.66. The van der Waals surface area contributed by atoms with Gasteiger partial charge in [0.1, 0.15) is 0 Å². The number of H-pyrrole nitrogens is 1. The van der Waals surface area contributed by atoms with E-state index in [0.717, 1.165) is 35.7 Å². The van der Waals surface area contributed by atoms with Crippen LogP contribution in [0.2, 0.25) is 5.02 Å². The van der Waals surface area contributed by atoms with Crippen LogP contribution in [0.4, 0.5) is 16.4 Å². The van der Waals surface area contributed by atoms with Crippen LogP contribution in [0.15, 0.2) is 67.1 Å². The Bertz CT molecular complexity index is 1600. The summed E-state index contributed by atoms with van der Waals surface area (Å²) >= 11 is 6.50. The standard InChI is InChI=1S/C31H35ClN8O3/c1-39(2)14-6-11-28(41)36-21-12-13-22(33-16-21)19-40(31(42)43)23-8-5-7-20(15-23)37-30-35-18-26(32)29(38-30)25-17-34-27-10-4-3-9-24(25)27/h3-4,6,9-13,16-18,20,23,34H,5,7-8,14-15,19H2,1-2H3,(H,36,41)(H,42,43)(H,35,37,38)/b11-6+/t20-,23+/m1/s1. The zero-order valence-corrected chi connectivity index (χ0v) is 24.9. The lowest BCUT2D eigenvalue weighted by atomic mass is 9.90. The van der Waals surface area contributed by atoms with Crippen molar-refractivity contribution >= 4 is 46.1 Å². The Morgan fingerprint density at radius 2 is 1.98 bits per heavy atom. The van der Waals surface area contributed by atoms with Gasteiger partial charge >= 0.3 is 6.09 Å². The van der Waals surface area contributed by atoms with E-state index in [4.69, 9.17) is 16.6 Å². The molecule has 224 valence electrons. The summed E-state index contributed by atoms with van der Waals surface area (Å²) in [6, 6.07) is 11.2. The van der Waals surface area contributed by atoms with E-state index in [1.807, 2.05) is 49.5 Å². The van der Waals surface area contributed by atoms with Gasteiger partial charge in [-0.05, 0) is 58.0 Å². The van der Waals surface area contributed by atoms with E-state index in [1.54, 1.807) is 30.6 Å². The van der Waals surface area contributed by atoms with Gasteiger partial charge < -0.3 is 25.6 Å². The molecule has 2 atom stereocenters. The molecule has 1 aromatic carbocycles. The first-order valence-corrected chi connectivity index (χ1v) is 14.6. The number of aromatic amines is 1. The maximum atomic E-state index is 12.3. The second kappa shape index (κ2) is 13.7. The largest absolute Gasteiger partial charge is 0.465 e. The van der Waals surface area contributed by atoms with Crippen LogP contribution in [0.1, 0.15) is 31.4 Å². The highest BCUT2D eigenvalue weighted by Gasteiger charge is 2.30. The van der Waals surface area contributed by atoms with Crippen LogP contribution in [-0.4, -0.2) is 79.6 Å². The molecule has 1 fully saturated rings. The van der Waals surface area contributed by atoms with E-state index in [-0.39, 0.29) is 24.5 Å². The molecular formula is C31H35ClN8O3. The third-order valence-electron chi connectivity index (χ3n) is 7.42. The average molecular weight is 603 g/mol. The molecule has 1 saturated carbocycles. The number of carboxylic acid groups (broad SMARTS) is 1. The molecule has 5 rings (SSSR count). The molecule has 4 aromatic rings. The van der Waals surface area contributed by atoms with Crippen molar-refractivity contribution in [3.05, 3.63) is 77.9 Å². The third-order valence-corrected chi connectivity index (χ3v) is 7.70. The van der Waals surface area contributed by atoms with Crippen LogP contribution in [0, 0.1) is 0 Å². The predicted octanol–water partition coefficient (Wildman–Crippen LogP) is 5.63. The number of nitrogens with one attached hydrogen (secondary N) is 3. The van der Waals surface area contributed by atoms with Crippen LogP contribution in [0.3, 0.4) is 0 Å². The summed E-state index contributed by atoms with van der Waals surface area (Å²) in [4.78, 5) is 44.6. The number of aromatic nitrogens is 4. The van der Waals surface area contributed by atoms with Gasteiger partial charge in [-0.25, -0.2) is 14.8 Å². The Hall–Kier alpha value is -4.48. The Morgan fingerprint density at radius 1 is 1.14 bits per heavy atom. The number of likely N-dealkylation sites (N-methyl/N-ethyl adjacent to an activating group) is 1. The van der Waals surface area contributed by atoms with E-state index in [9.17, 15) is 14.7 Å². The van der Waals surface area contributed by atoms with Crippen LogP contribution in [0.5, 0.6) is 0 Å². The Kier molecular flexibility index (Phi) is 9.53. The first-order chi connectivity index (χ1) is 20.8. The quantitative estimate of drug-likeness (QED) is 0.171. The molecule has 0 bridgehead atoms. The predicted molar refractivity (Wildman–Crippen MR) is 168 cm³/mol. The molecule has 1 aliphatic rings. The van der Waals surface area contributed by atoms with Crippen molar-refractivity contribution in [2.24, 2.45) is 0 Å². The van der Waals surface area contributed by atoms with Gasteiger partial charge in [-0.2, -0.15) is 0 Å². The molecule has 0 spiro atoms. The Balaban J connectivity index is 1.22. The molecule has 0 saturated heterocycles. The van der Waals surface area contributed by atoms with Crippen molar-refractivity contribution < 1.29 is 14.7 Å². The minimum Gasteiger partial charge on any atom is -0.465 e. The highest BCUT2D eigenvalue weighted by atomic mass is 35.5. The van der Waals surface area contributed by atoms with Crippen molar-refractivity contribution in [3.63, 3.8) is 0 Å². The molecule has 1 aliphatic carbocycles. The smallest absolute Gasteiger partial charge is 0.407 e. The molecule has 43 heavy (non-hydrogen) atoms. The molecule has 0 radical (unpaired) electrons. The summed E-state index contributed by atoms with van der Waals surface area (Å²) in [5.74, 6) is 0.204. The van der Waals surface area contributed by atoms with Gasteiger partial charge in [0.25, 0.3) is 0 Å². The summed E-state index contributed by atoms with van der Waals surface area (Å²) in [6.45, 7) is 0.803. The molecule has 3 heterocycles. The lowest BCUT2D eigenvalue weighted by molar-refractivity contribution is -0.111. The van der Waals surface area contributed by atoms with Crippen molar-refractivity contribution in [3.8, 4) is 11.3 Å². The van der Waals surface area contributed by atoms with E-state index >= 15 is 0 Å². The maximum absolute atomic E-state index is 12.3. The number of carbonyl (C=O) groups excluding carboxylic acids is 1. The monoisotopic (exact) mass is 602 g/mol. The number of hydrogen-bond donors (Lipinski definition) is 4. The van der Waals surface area contributed by atoms with E-state index < -0.39 is 6.09 Å². The molecule has 3 aromatic heterocycles. The lowest BCUT2D eigenvalue weighted by Crippen LogP contribution is -2.44. The highest BCUT2D eigenvalue weighted by Crippen LogP contribution is 2.33. The van der Waals surface area contributed by atoms with Crippen molar-refractivity contribution in [2.75, 3.05) is 31.3 Å². The van der Waals surface area contributed by atoms with Crippen molar-refractivity contribution in [1.82, 2.24) is 29.7 Å². The summed E-state index contributed by atoms with van der Waals surface area (Å²) in [7, 11) is 3.84. The van der Waals surface area contributed by atoms with E-state index in [1.165, 1.54) is 11.0 Å². The summed E-state index contributed by atoms with van der Waals surface area (Å²) in [6.07, 6.45) is 10.4. The second-order valence-electron chi connectivity index (χ2n) is 10.9. The summed E-state index contributed by atoms with van der Waals surface area (Å²) in [5, 5.41) is 17.7. The topological polar surface area (TPSA) is 139 Å². The fourth-order valence-corrected chi connectivity index (χ4v) is 5.52. The van der Waals surface area contributed by atoms with Crippen molar-refractivity contribution in [2.45, 2.75) is 44.3 Å². The summed E-state index contributed by atoms with van der Waals surface area (Å²) < 4.78 is 0. The molecule has 0 unspecified atom stereocenters. The molecule has 12 heteroatoms. The van der Waals surface area contributed by atoms with Gasteiger partial charge in [-0.1, -0.05) is 35.9 Å². The number of nitrogens with zero attached hydrogens (tertiary/aromatic N) is 5. The van der Waals surface area contributed by atoms with Crippen LogP contribution < -0.4 is 10.6 Å². The zero-order valence-electron chi connectivity index (χ0n) is 24.1. The first kappa shape index (κ1) is 30.0. The molecule has 4 N–H and O–H groups in total. The number of rotatable bonds is 10. The molecule has 11 nitrogen and oxygen atoms in total. The number of amides is 2. The van der Waals surface area contributed by atoms with E-state index in [2.05, 4.69) is 25.6 Å². The minimum atomic E-state index is -1.000. The minimum absolute atomic E-state index is 0.0105. The number of fused-ring (bicyclic) bond motifs is 1. The number of para-hydroxylation sites is 1. The van der Waals surface area contributed by atoms with Crippen LogP contribution >= 0.6 is 11.6 Å². The number of hydrogen-bond acceptors (Lipinski definition) is 7. The molecular weight excluding hydrogens is 568 g/mol. The third kappa shape index (κ3) is 7.68. The van der Waals surface area contributed by atoms with Gasteiger partial charge in [0.05, 0.1) is 41.0 Å². The van der Waals surface area contributed by atoms with Gasteiger partial charge in [0.2, 0.25) is 11.9 Å². The van der Waals surface area contributed by atoms with Gasteiger partial charge in [-0.3, -0.25) is 14.7 Å². The second-order valence-corrected chi connectivity index (χ2v) is 11.3. The number of anilines is 2. The molecule has 2 amide bonds. The van der Waals surface area contributed by atoms with E-state index in [0.29, 0.717) is 41.0 Å². The number of benzene rings is 1. The first-order valence-electron chi connectivity index (χ1n) is 14.2. The van der Waals surface area contributed by atoms with Crippen LogP contribution in [-0.2, 0) is 11.3 Å². The average Bonchev–Trinajstić information content (AvgIpc) is 3.41. The number of carbonyl (C=O) groups is 2. The normalized spacial score (nSPS) is 16.9. The molecule has 0 aliphatic heterocycles. The van der Waals surface area contributed by atoms with Crippen molar-refractivity contribution in [1.29, 1.82) is 0 Å². The number of halogens is 1. The fraction of sp³-hybridized carbons (Fsp3) is 0.323. The Morgan fingerprint density at radius 3 is 2.74 bits per heavy atom. The Labute approximate surface area is 255 Å². The van der Waals surface area contributed by atoms with Gasteiger partial charge in [0.15, 0.2) is 0 Å². The van der Waals surface area contributed by atoms with Crippen LogP contribution in [0.25, 0.3) is 22.2 Å². The maximum Gasteiger partial charge on any atom is 0.407 e. The van der Waals surface area contributed by atoms with Gasteiger partial charge in [-0.15, -0.1) is 0 Å².